The Morgan fingerprint density at radius 3 is 2.71 bits per heavy atom. The molecule has 1 aliphatic heterocycles. The van der Waals surface area contributed by atoms with Crippen LogP contribution in [-0.4, -0.2) is 34.2 Å². The fourth-order valence-electron chi connectivity index (χ4n) is 4.51. The van der Waals surface area contributed by atoms with Gasteiger partial charge in [0.2, 0.25) is 0 Å². The Morgan fingerprint density at radius 2 is 1.94 bits per heavy atom. The van der Waals surface area contributed by atoms with E-state index in [1.54, 1.807) is 0 Å². The summed E-state index contributed by atoms with van der Waals surface area (Å²) in [5.41, 5.74) is 5.92. The fraction of sp³-hybridized carbons (Fsp3) is 0.308. The molecule has 0 unspecified atom stereocenters. The second-order valence-corrected chi connectivity index (χ2v) is 8.93. The standard InChI is InChI=1S/C26H26ClN3O/c1-17-4-3-14-30(17)15-13-19-5-11-23-21(16-19)8-12-24(28-23)26-18(2)25(29-31-26)20-6-9-22(27)10-7-20/h5-12,16-17H,3-4,13-15H2,1-2H3/t17-/m1/s1. The summed E-state index contributed by atoms with van der Waals surface area (Å²) in [6.07, 6.45) is 3.73. The topological polar surface area (TPSA) is 42.2 Å². The van der Waals surface area contributed by atoms with E-state index in [2.05, 4.69) is 41.2 Å². The summed E-state index contributed by atoms with van der Waals surface area (Å²) in [5.74, 6) is 0.707. The summed E-state index contributed by atoms with van der Waals surface area (Å²) in [4.78, 5) is 7.45. The molecule has 5 heteroatoms. The van der Waals surface area contributed by atoms with Crippen LogP contribution in [0.5, 0.6) is 0 Å². The maximum Gasteiger partial charge on any atom is 0.188 e. The predicted molar refractivity (Wildman–Crippen MR) is 126 cm³/mol. The van der Waals surface area contributed by atoms with Crippen molar-refractivity contribution in [2.24, 2.45) is 0 Å². The highest BCUT2D eigenvalue weighted by atomic mass is 35.5. The molecule has 1 aliphatic rings. The van der Waals surface area contributed by atoms with Gasteiger partial charge in [-0.15, -0.1) is 0 Å². The number of hydrogen-bond acceptors (Lipinski definition) is 4. The van der Waals surface area contributed by atoms with Crippen LogP contribution in [0.15, 0.2) is 59.1 Å². The number of hydrogen-bond donors (Lipinski definition) is 0. The molecule has 4 aromatic rings. The minimum absolute atomic E-state index is 0.704. The number of likely N-dealkylation sites (tertiary alicyclic amines) is 1. The molecule has 2 aromatic carbocycles. The predicted octanol–water partition coefficient (Wildman–Crippen LogP) is 6.55. The number of aromatic nitrogens is 2. The first-order valence-electron chi connectivity index (χ1n) is 10.9. The Kier molecular flexibility index (Phi) is 5.51. The molecule has 0 bridgehead atoms. The highest BCUT2D eigenvalue weighted by molar-refractivity contribution is 6.30. The molecule has 0 N–H and O–H groups in total. The van der Waals surface area contributed by atoms with E-state index in [1.807, 2.05) is 37.3 Å². The highest BCUT2D eigenvalue weighted by Crippen LogP contribution is 2.32. The zero-order chi connectivity index (χ0) is 21.4. The smallest absolute Gasteiger partial charge is 0.188 e. The largest absolute Gasteiger partial charge is 0.354 e. The Morgan fingerprint density at radius 1 is 1.10 bits per heavy atom. The monoisotopic (exact) mass is 431 g/mol. The summed E-state index contributed by atoms with van der Waals surface area (Å²) in [5, 5.41) is 6.15. The van der Waals surface area contributed by atoms with E-state index in [4.69, 9.17) is 21.1 Å². The van der Waals surface area contributed by atoms with Crippen LogP contribution in [-0.2, 0) is 6.42 Å². The van der Waals surface area contributed by atoms with E-state index in [9.17, 15) is 0 Å². The van der Waals surface area contributed by atoms with Crippen molar-refractivity contribution in [2.45, 2.75) is 39.2 Å². The van der Waals surface area contributed by atoms with E-state index in [0.29, 0.717) is 16.8 Å². The van der Waals surface area contributed by atoms with Gasteiger partial charge in [0, 0.05) is 34.1 Å². The maximum atomic E-state index is 6.01. The van der Waals surface area contributed by atoms with Crippen LogP contribution < -0.4 is 0 Å². The molecule has 158 valence electrons. The first-order valence-corrected chi connectivity index (χ1v) is 11.3. The van der Waals surface area contributed by atoms with E-state index in [0.717, 1.165) is 46.4 Å². The second-order valence-electron chi connectivity index (χ2n) is 8.49. The molecule has 4 nitrogen and oxygen atoms in total. The maximum absolute atomic E-state index is 6.01. The number of fused-ring (bicyclic) bond motifs is 1. The van der Waals surface area contributed by atoms with Crippen molar-refractivity contribution in [3.8, 4) is 22.7 Å². The number of pyridine rings is 1. The van der Waals surface area contributed by atoms with Crippen molar-refractivity contribution in [3.63, 3.8) is 0 Å². The van der Waals surface area contributed by atoms with E-state index < -0.39 is 0 Å². The first kappa shape index (κ1) is 20.2. The average molecular weight is 432 g/mol. The lowest BCUT2D eigenvalue weighted by atomic mass is 10.0. The molecule has 0 amide bonds. The third-order valence-corrected chi connectivity index (χ3v) is 6.66. The van der Waals surface area contributed by atoms with Crippen molar-refractivity contribution < 1.29 is 4.52 Å². The minimum atomic E-state index is 0.704. The molecule has 1 fully saturated rings. The van der Waals surface area contributed by atoms with Gasteiger partial charge < -0.3 is 9.42 Å². The van der Waals surface area contributed by atoms with Gasteiger partial charge in [-0.3, -0.25) is 0 Å². The molecule has 1 saturated heterocycles. The van der Waals surface area contributed by atoms with Crippen LogP contribution >= 0.6 is 11.6 Å². The Hall–Kier alpha value is -2.69. The van der Waals surface area contributed by atoms with Gasteiger partial charge in [-0.2, -0.15) is 0 Å². The molecule has 31 heavy (non-hydrogen) atoms. The van der Waals surface area contributed by atoms with Crippen LogP contribution in [0.1, 0.15) is 30.9 Å². The minimum Gasteiger partial charge on any atom is -0.354 e. The SMILES string of the molecule is Cc1c(-c2ccc(Cl)cc2)noc1-c1ccc2cc(CCN3CCC[C@H]3C)ccc2n1. The zero-order valence-electron chi connectivity index (χ0n) is 17.9. The van der Waals surface area contributed by atoms with Gasteiger partial charge in [-0.1, -0.05) is 41.0 Å². The van der Waals surface area contributed by atoms with Crippen molar-refractivity contribution in [1.29, 1.82) is 0 Å². The van der Waals surface area contributed by atoms with Crippen LogP contribution in [0.2, 0.25) is 5.02 Å². The summed E-state index contributed by atoms with van der Waals surface area (Å²) < 4.78 is 5.69. The molecule has 2 aromatic heterocycles. The molecular weight excluding hydrogens is 406 g/mol. The van der Waals surface area contributed by atoms with E-state index in [1.165, 1.54) is 24.9 Å². The molecule has 0 saturated carbocycles. The summed E-state index contributed by atoms with van der Waals surface area (Å²) in [6.45, 7) is 6.71. The van der Waals surface area contributed by atoms with Gasteiger partial charge in [0.1, 0.15) is 11.4 Å². The van der Waals surface area contributed by atoms with Crippen molar-refractivity contribution in [1.82, 2.24) is 15.0 Å². The lowest BCUT2D eigenvalue weighted by Gasteiger charge is -2.20. The number of halogens is 1. The van der Waals surface area contributed by atoms with Gasteiger partial charge in [-0.05, 0) is 75.5 Å². The molecule has 5 rings (SSSR count). The summed E-state index contributed by atoms with van der Waals surface area (Å²) >= 11 is 6.01. The van der Waals surface area contributed by atoms with E-state index >= 15 is 0 Å². The Balaban J connectivity index is 1.38. The molecule has 0 radical (unpaired) electrons. The Bertz CT molecular complexity index is 1220. The number of benzene rings is 2. The first-order chi connectivity index (χ1) is 15.1. The van der Waals surface area contributed by atoms with Gasteiger partial charge in [-0.25, -0.2) is 4.98 Å². The lowest BCUT2D eigenvalue weighted by molar-refractivity contribution is 0.272. The number of rotatable bonds is 5. The summed E-state index contributed by atoms with van der Waals surface area (Å²) in [6, 6.07) is 19.1. The van der Waals surface area contributed by atoms with Crippen LogP contribution in [0.25, 0.3) is 33.6 Å². The third kappa shape index (κ3) is 4.10. The Labute approximate surface area is 187 Å². The average Bonchev–Trinajstić information content (AvgIpc) is 3.37. The van der Waals surface area contributed by atoms with Gasteiger partial charge >= 0.3 is 0 Å². The molecule has 0 spiro atoms. The van der Waals surface area contributed by atoms with E-state index in [-0.39, 0.29) is 0 Å². The van der Waals surface area contributed by atoms with Crippen molar-refractivity contribution >= 4 is 22.5 Å². The third-order valence-electron chi connectivity index (χ3n) is 6.41. The van der Waals surface area contributed by atoms with Crippen LogP contribution in [0.4, 0.5) is 0 Å². The normalized spacial score (nSPS) is 16.9. The lowest BCUT2D eigenvalue weighted by Crippen LogP contribution is -2.28. The van der Waals surface area contributed by atoms with Gasteiger partial charge in [0.05, 0.1) is 5.52 Å². The van der Waals surface area contributed by atoms with Gasteiger partial charge in [0.15, 0.2) is 5.76 Å². The quantitative estimate of drug-likeness (QED) is 0.359. The molecule has 1 atom stereocenters. The fourth-order valence-corrected chi connectivity index (χ4v) is 4.63. The van der Waals surface area contributed by atoms with Crippen LogP contribution in [0, 0.1) is 6.92 Å². The highest BCUT2D eigenvalue weighted by Gasteiger charge is 2.20. The molecular formula is C26H26ClN3O. The molecule has 3 heterocycles. The molecule has 0 aliphatic carbocycles. The van der Waals surface area contributed by atoms with Gasteiger partial charge in [0.25, 0.3) is 0 Å². The number of nitrogens with zero attached hydrogens (tertiary/aromatic N) is 3. The van der Waals surface area contributed by atoms with Crippen LogP contribution in [0.3, 0.4) is 0 Å². The second kappa shape index (κ2) is 8.45. The van der Waals surface area contributed by atoms with Crippen molar-refractivity contribution in [3.05, 3.63) is 70.7 Å². The zero-order valence-corrected chi connectivity index (χ0v) is 18.7. The van der Waals surface area contributed by atoms with Crippen molar-refractivity contribution in [2.75, 3.05) is 13.1 Å². The summed E-state index contributed by atoms with van der Waals surface area (Å²) in [7, 11) is 0.